The summed E-state index contributed by atoms with van der Waals surface area (Å²) in [5.74, 6) is 1.57. The number of carbonyl (C=O) groups is 1. The number of piperazine rings is 1. The van der Waals surface area contributed by atoms with Crippen LogP contribution in [0, 0.1) is 6.92 Å². The van der Waals surface area contributed by atoms with E-state index in [-0.39, 0.29) is 5.91 Å². The number of ether oxygens (including phenoxy) is 2. The van der Waals surface area contributed by atoms with E-state index >= 15 is 0 Å². The van der Waals surface area contributed by atoms with E-state index in [2.05, 4.69) is 16.0 Å². The summed E-state index contributed by atoms with van der Waals surface area (Å²) in [4.78, 5) is 21.6. The highest BCUT2D eigenvalue weighted by atomic mass is 32.1. The first-order chi connectivity index (χ1) is 14.6. The molecule has 1 saturated heterocycles. The molecule has 3 aromatic rings. The fourth-order valence-electron chi connectivity index (χ4n) is 3.57. The number of nitrogens with zero attached hydrogens (tertiary/aromatic N) is 3. The first-order valence-corrected chi connectivity index (χ1v) is 10.8. The van der Waals surface area contributed by atoms with Crippen molar-refractivity contribution >= 4 is 22.9 Å². The van der Waals surface area contributed by atoms with Crippen molar-refractivity contribution in [3.05, 3.63) is 70.2 Å². The fourth-order valence-corrected chi connectivity index (χ4v) is 4.17. The Kier molecular flexibility index (Phi) is 6.18. The number of aryl methyl sites for hydroxylation is 1. The first kappa shape index (κ1) is 20.2. The van der Waals surface area contributed by atoms with Gasteiger partial charge in [-0.1, -0.05) is 18.2 Å². The van der Waals surface area contributed by atoms with Crippen LogP contribution in [-0.2, 0) is 6.61 Å². The lowest BCUT2D eigenvalue weighted by Gasteiger charge is -2.36. The molecule has 0 unspecified atom stereocenters. The molecule has 6 nitrogen and oxygen atoms in total. The molecule has 4 rings (SSSR count). The Hall–Kier alpha value is -3.06. The number of rotatable bonds is 6. The van der Waals surface area contributed by atoms with Crippen LogP contribution < -0.4 is 14.4 Å². The van der Waals surface area contributed by atoms with Gasteiger partial charge in [0.2, 0.25) is 0 Å². The zero-order valence-corrected chi connectivity index (χ0v) is 18.0. The predicted octanol–water partition coefficient (Wildman–Crippen LogP) is 4.00. The van der Waals surface area contributed by atoms with E-state index in [4.69, 9.17) is 9.47 Å². The third-order valence-electron chi connectivity index (χ3n) is 5.13. The van der Waals surface area contributed by atoms with E-state index in [1.165, 1.54) is 0 Å². The van der Waals surface area contributed by atoms with Crippen LogP contribution in [0.4, 0.5) is 5.69 Å². The summed E-state index contributed by atoms with van der Waals surface area (Å²) in [6, 6.07) is 15.4. The number of carbonyl (C=O) groups excluding carboxylic acids is 1. The molecule has 1 aromatic heterocycles. The van der Waals surface area contributed by atoms with Crippen molar-refractivity contribution in [2.75, 3.05) is 38.2 Å². The summed E-state index contributed by atoms with van der Waals surface area (Å²) in [7, 11) is 1.68. The summed E-state index contributed by atoms with van der Waals surface area (Å²) in [6.45, 7) is 5.25. The van der Waals surface area contributed by atoms with Crippen molar-refractivity contribution in [3.8, 4) is 11.5 Å². The van der Waals surface area contributed by atoms with E-state index in [9.17, 15) is 4.79 Å². The second kappa shape index (κ2) is 9.17. The lowest BCUT2D eigenvalue weighted by molar-refractivity contribution is 0.0746. The van der Waals surface area contributed by atoms with E-state index in [1.54, 1.807) is 18.4 Å². The Morgan fingerprint density at radius 2 is 1.90 bits per heavy atom. The summed E-state index contributed by atoms with van der Waals surface area (Å²) in [5, 5.41) is 3.01. The third kappa shape index (κ3) is 4.57. The highest BCUT2D eigenvalue weighted by Crippen LogP contribution is 2.28. The van der Waals surface area contributed by atoms with Crippen molar-refractivity contribution in [3.63, 3.8) is 0 Å². The maximum absolute atomic E-state index is 13.0. The minimum absolute atomic E-state index is 0.0321. The average Bonchev–Trinajstić information content (AvgIpc) is 3.22. The van der Waals surface area contributed by atoms with Gasteiger partial charge in [0, 0.05) is 37.1 Å². The standard InChI is InChI=1S/C23H25N3O3S/c1-17-24-19(16-30-17)15-29-20-7-5-6-18(14-20)23(27)26-12-10-25(11-13-26)21-8-3-4-9-22(21)28-2/h3-9,14,16H,10-13,15H2,1-2H3. The first-order valence-electron chi connectivity index (χ1n) is 9.95. The number of thiazole rings is 1. The normalized spacial score (nSPS) is 13.9. The van der Waals surface area contributed by atoms with Crippen molar-refractivity contribution in [1.82, 2.24) is 9.88 Å². The van der Waals surface area contributed by atoms with E-state index < -0.39 is 0 Å². The number of hydrogen-bond donors (Lipinski definition) is 0. The van der Waals surface area contributed by atoms with Gasteiger partial charge in [-0.05, 0) is 37.3 Å². The van der Waals surface area contributed by atoms with Crippen LogP contribution in [0.15, 0.2) is 53.9 Å². The smallest absolute Gasteiger partial charge is 0.254 e. The van der Waals surface area contributed by atoms with E-state index in [0.717, 1.165) is 35.2 Å². The van der Waals surface area contributed by atoms with Gasteiger partial charge in [0.25, 0.3) is 5.91 Å². The van der Waals surface area contributed by atoms with Gasteiger partial charge in [-0.25, -0.2) is 4.98 Å². The van der Waals surface area contributed by atoms with Crippen molar-refractivity contribution in [2.24, 2.45) is 0 Å². The second-order valence-corrected chi connectivity index (χ2v) is 8.19. The molecule has 0 radical (unpaired) electrons. The van der Waals surface area contributed by atoms with Crippen molar-refractivity contribution in [2.45, 2.75) is 13.5 Å². The van der Waals surface area contributed by atoms with Crippen LogP contribution in [0.3, 0.4) is 0 Å². The molecule has 0 saturated carbocycles. The number of amides is 1. The predicted molar refractivity (Wildman–Crippen MR) is 119 cm³/mol. The van der Waals surface area contributed by atoms with Gasteiger partial charge < -0.3 is 19.3 Å². The van der Waals surface area contributed by atoms with Crippen LogP contribution >= 0.6 is 11.3 Å². The molecule has 2 aromatic carbocycles. The van der Waals surface area contributed by atoms with Gasteiger partial charge in [-0.2, -0.15) is 0 Å². The van der Waals surface area contributed by atoms with Crippen LogP contribution in [0.5, 0.6) is 11.5 Å². The molecule has 1 amide bonds. The molecule has 156 valence electrons. The largest absolute Gasteiger partial charge is 0.495 e. The van der Waals surface area contributed by atoms with Gasteiger partial charge in [0.1, 0.15) is 18.1 Å². The number of anilines is 1. The summed E-state index contributed by atoms with van der Waals surface area (Å²) >= 11 is 1.60. The molecule has 0 N–H and O–H groups in total. The number of methoxy groups -OCH3 is 1. The second-order valence-electron chi connectivity index (χ2n) is 7.13. The number of hydrogen-bond acceptors (Lipinski definition) is 6. The molecule has 7 heteroatoms. The molecule has 0 aliphatic carbocycles. The zero-order valence-electron chi connectivity index (χ0n) is 17.2. The van der Waals surface area contributed by atoms with Crippen LogP contribution in [0.1, 0.15) is 21.1 Å². The summed E-state index contributed by atoms with van der Waals surface area (Å²) in [5.41, 5.74) is 2.62. The van der Waals surface area contributed by atoms with E-state index in [1.807, 2.05) is 59.7 Å². The van der Waals surface area contributed by atoms with Crippen molar-refractivity contribution in [1.29, 1.82) is 0 Å². The van der Waals surface area contributed by atoms with Gasteiger partial charge in [-0.3, -0.25) is 4.79 Å². The SMILES string of the molecule is COc1ccccc1N1CCN(C(=O)c2cccc(OCc3csc(C)n3)c2)CC1. The molecule has 0 atom stereocenters. The molecular weight excluding hydrogens is 398 g/mol. The minimum Gasteiger partial charge on any atom is -0.495 e. The van der Waals surface area contributed by atoms with Crippen LogP contribution in [0.2, 0.25) is 0 Å². The monoisotopic (exact) mass is 423 g/mol. The lowest BCUT2D eigenvalue weighted by atomic mass is 10.1. The van der Waals surface area contributed by atoms with Crippen LogP contribution in [-0.4, -0.2) is 49.1 Å². The van der Waals surface area contributed by atoms with Gasteiger partial charge in [0.05, 0.1) is 23.5 Å². The highest BCUT2D eigenvalue weighted by molar-refractivity contribution is 7.09. The Morgan fingerprint density at radius 3 is 2.63 bits per heavy atom. The Labute approximate surface area is 180 Å². The Morgan fingerprint density at radius 1 is 1.10 bits per heavy atom. The summed E-state index contributed by atoms with van der Waals surface area (Å²) in [6.07, 6.45) is 0. The highest BCUT2D eigenvalue weighted by Gasteiger charge is 2.24. The Bertz CT molecular complexity index is 1010. The van der Waals surface area contributed by atoms with Gasteiger partial charge in [-0.15, -0.1) is 11.3 Å². The molecule has 30 heavy (non-hydrogen) atoms. The molecule has 0 spiro atoms. The van der Waals surface area contributed by atoms with Crippen LogP contribution in [0.25, 0.3) is 0 Å². The Balaban J connectivity index is 1.37. The topological polar surface area (TPSA) is 54.9 Å². The molecule has 1 aliphatic heterocycles. The quantitative estimate of drug-likeness (QED) is 0.600. The molecular formula is C23H25N3O3S. The zero-order chi connectivity index (χ0) is 20.9. The molecule has 2 heterocycles. The lowest BCUT2D eigenvalue weighted by Crippen LogP contribution is -2.48. The van der Waals surface area contributed by atoms with Gasteiger partial charge in [0.15, 0.2) is 0 Å². The van der Waals surface area contributed by atoms with Gasteiger partial charge >= 0.3 is 0 Å². The maximum Gasteiger partial charge on any atom is 0.254 e. The van der Waals surface area contributed by atoms with E-state index in [0.29, 0.717) is 31.0 Å². The minimum atomic E-state index is 0.0321. The number of benzene rings is 2. The number of aromatic nitrogens is 1. The summed E-state index contributed by atoms with van der Waals surface area (Å²) < 4.78 is 11.3. The fraction of sp³-hybridized carbons (Fsp3) is 0.304. The average molecular weight is 424 g/mol. The third-order valence-corrected chi connectivity index (χ3v) is 5.95. The van der Waals surface area contributed by atoms with Crippen molar-refractivity contribution < 1.29 is 14.3 Å². The maximum atomic E-state index is 13.0. The molecule has 1 fully saturated rings. The molecule has 0 bridgehead atoms. The molecule has 1 aliphatic rings. The number of para-hydroxylation sites is 2.